The minimum atomic E-state index is -5.08. The Morgan fingerprint density at radius 3 is 1.97 bits per heavy atom. The Balaban J connectivity index is 0.000000454. The third-order valence-corrected chi connectivity index (χ3v) is 5.66. The summed E-state index contributed by atoms with van der Waals surface area (Å²) in [5, 5.41) is 8.91. The van der Waals surface area contributed by atoms with Gasteiger partial charge in [0.1, 0.15) is 5.76 Å². The summed E-state index contributed by atoms with van der Waals surface area (Å²) in [6.07, 6.45) is -8.10. The number of rotatable bonds is 3. The summed E-state index contributed by atoms with van der Waals surface area (Å²) in [4.78, 5) is 37.0. The van der Waals surface area contributed by atoms with Crippen LogP contribution in [0.3, 0.4) is 0 Å². The number of furan rings is 1. The quantitative estimate of drug-likeness (QED) is 0.592. The van der Waals surface area contributed by atoms with Crippen molar-refractivity contribution in [1.29, 1.82) is 0 Å². The first kappa shape index (κ1) is 27.0. The molecule has 5 rings (SSSR count). The lowest BCUT2D eigenvalue weighted by atomic mass is 10.1. The highest BCUT2D eigenvalue weighted by Crippen LogP contribution is 2.28. The van der Waals surface area contributed by atoms with Crippen LogP contribution in [0.4, 0.5) is 32.0 Å². The van der Waals surface area contributed by atoms with Crippen molar-refractivity contribution in [3.8, 4) is 11.3 Å². The summed E-state index contributed by atoms with van der Waals surface area (Å²) < 4.78 is 74.5. The van der Waals surface area contributed by atoms with E-state index in [-0.39, 0.29) is 23.4 Å². The summed E-state index contributed by atoms with van der Waals surface area (Å²) >= 11 is 0. The maximum absolute atomic E-state index is 12.9. The number of hydrogen-bond donors (Lipinski definition) is 2. The van der Waals surface area contributed by atoms with Gasteiger partial charge in [0.2, 0.25) is 0 Å². The monoisotopic (exact) mass is 521 g/mol. The van der Waals surface area contributed by atoms with Crippen LogP contribution >= 0.6 is 0 Å². The SMILES string of the molecule is O=C(O)C(F)(F)F.O=C(c1ccc(-c2ccc(NC(=O)C(F)(F)F)cc2)o1)N1CCN2CCC1CC2. The number of amides is 2. The molecular formula is C22H21F6N3O5. The smallest absolute Gasteiger partial charge is 0.475 e. The number of alkyl halides is 6. The van der Waals surface area contributed by atoms with Gasteiger partial charge in [-0.15, -0.1) is 0 Å². The molecule has 14 heteroatoms. The molecule has 2 N–H and O–H groups in total. The Morgan fingerprint density at radius 2 is 1.44 bits per heavy atom. The zero-order chi connectivity index (χ0) is 26.7. The first-order valence-corrected chi connectivity index (χ1v) is 10.7. The molecule has 0 atom stereocenters. The number of benzene rings is 1. The number of nitrogens with zero attached hydrogens (tertiary/aromatic N) is 2. The third-order valence-electron chi connectivity index (χ3n) is 5.66. The number of carboxylic acids is 1. The van der Waals surface area contributed by atoms with E-state index in [4.69, 9.17) is 14.3 Å². The molecule has 1 aromatic heterocycles. The van der Waals surface area contributed by atoms with Gasteiger partial charge in [-0.05, 0) is 49.2 Å². The molecule has 0 aliphatic carbocycles. The minimum absolute atomic E-state index is 0.0225. The molecule has 3 saturated heterocycles. The summed E-state index contributed by atoms with van der Waals surface area (Å²) in [5.74, 6) is -4.25. The van der Waals surface area contributed by atoms with Crippen molar-refractivity contribution < 1.29 is 50.2 Å². The van der Waals surface area contributed by atoms with Gasteiger partial charge in [-0.25, -0.2) is 4.79 Å². The van der Waals surface area contributed by atoms with Crippen LogP contribution in [0.1, 0.15) is 23.4 Å². The van der Waals surface area contributed by atoms with Crippen molar-refractivity contribution in [2.24, 2.45) is 0 Å². The third kappa shape index (κ3) is 6.77. The molecule has 2 amide bonds. The highest BCUT2D eigenvalue weighted by Gasteiger charge is 2.39. The minimum Gasteiger partial charge on any atom is -0.475 e. The maximum Gasteiger partial charge on any atom is 0.490 e. The van der Waals surface area contributed by atoms with Crippen LogP contribution in [-0.4, -0.2) is 77.3 Å². The average molecular weight is 521 g/mol. The number of piperidine rings is 1. The Labute approximate surface area is 200 Å². The van der Waals surface area contributed by atoms with Crippen molar-refractivity contribution in [3.63, 3.8) is 0 Å². The Kier molecular flexibility index (Phi) is 7.96. The zero-order valence-electron chi connectivity index (χ0n) is 18.5. The van der Waals surface area contributed by atoms with Crippen LogP contribution in [0.2, 0.25) is 0 Å². The number of carbonyl (C=O) groups is 3. The fourth-order valence-corrected chi connectivity index (χ4v) is 3.82. The number of hydrogen-bond acceptors (Lipinski definition) is 5. The molecule has 3 aliphatic rings. The average Bonchev–Trinajstić information content (AvgIpc) is 3.11. The molecule has 196 valence electrons. The lowest BCUT2D eigenvalue weighted by Gasteiger charge is -2.30. The topological polar surface area (TPSA) is 103 Å². The molecule has 0 spiro atoms. The van der Waals surface area contributed by atoms with Crippen LogP contribution in [0, 0.1) is 0 Å². The Morgan fingerprint density at radius 1 is 0.861 bits per heavy atom. The number of fused-ring (bicyclic) bond motifs is 4. The van der Waals surface area contributed by atoms with Crippen molar-refractivity contribution in [3.05, 3.63) is 42.2 Å². The van der Waals surface area contributed by atoms with E-state index in [0.717, 1.165) is 32.5 Å². The first-order chi connectivity index (χ1) is 16.8. The van der Waals surface area contributed by atoms with Crippen molar-refractivity contribution in [2.45, 2.75) is 31.2 Å². The predicted molar refractivity (Wildman–Crippen MR) is 113 cm³/mol. The number of halogens is 6. The second-order valence-corrected chi connectivity index (χ2v) is 8.07. The fraction of sp³-hybridized carbons (Fsp3) is 0.409. The molecule has 2 aromatic rings. The summed E-state index contributed by atoms with van der Waals surface area (Å²) in [7, 11) is 0. The standard InChI is InChI=1S/C20H20F3N3O3.C2HF3O2/c21-20(22,23)19(28)24-14-3-1-13(2-4-14)16-5-6-17(29-16)18(27)26-12-11-25-9-7-15(26)8-10-25;3-2(4,5)1(6)7/h1-6,15H,7-12H2,(H,24,28);(H,6,7). The number of anilines is 1. The molecular weight excluding hydrogens is 500 g/mol. The molecule has 0 radical (unpaired) electrons. The van der Waals surface area contributed by atoms with E-state index < -0.39 is 24.2 Å². The highest BCUT2D eigenvalue weighted by molar-refractivity contribution is 5.95. The van der Waals surface area contributed by atoms with E-state index in [1.54, 1.807) is 17.4 Å². The molecule has 36 heavy (non-hydrogen) atoms. The van der Waals surface area contributed by atoms with E-state index in [9.17, 15) is 35.9 Å². The van der Waals surface area contributed by atoms with Gasteiger partial charge in [0.15, 0.2) is 5.76 Å². The summed E-state index contributed by atoms with van der Waals surface area (Å²) in [6.45, 7) is 3.55. The van der Waals surface area contributed by atoms with Crippen LogP contribution in [0.5, 0.6) is 0 Å². The lowest BCUT2D eigenvalue weighted by molar-refractivity contribution is -0.192. The number of aliphatic carboxylic acids is 1. The molecule has 3 aliphatic heterocycles. The van der Waals surface area contributed by atoms with Crippen molar-refractivity contribution in [2.75, 3.05) is 31.5 Å². The number of carboxylic acid groups (broad SMARTS) is 1. The van der Waals surface area contributed by atoms with Crippen molar-refractivity contribution >= 4 is 23.5 Å². The Bertz CT molecular complexity index is 1090. The molecule has 3 fully saturated rings. The molecule has 1 aromatic carbocycles. The molecule has 2 bridgehead atoms. The molecule has 0 unspecified atom stereocenters. The zero-order valence-corrected chi connectivity index (χ0v) is 18.5. The summed E-state index contributed by atoms with van der Waals surface area (Å²) in [6, 6.07) is 9.27. The second kappa shape index (κ2) is 10.6. The molecule has 8 nitrogen and oxygen atoms in total. The molecule has 0 saturated carbocycles. The van der Waals surface area contributed by atoms with Gasteiger partial charge >= 0.3 is 24.2 Å². The fourth-order valence-electron chi connectivity index (χ4n) is 3.82. The van der Waals surface area contributed by atoms with Gasteiger partial charge in [-0.2, -0.15) is 26.3 Å². The summed E-state index contributed by atoms with van der Waals surface area (Å²) in [5.41, 5.74) is 0.617. The van der Waals surface area contributed by atoms with Crippen LogP contribution < -0.4 is 5.32 Å². The Hall–Kier alpha value is -3.55. The van der Waals surface area contributed by atoms with Gasteiger partial charge in [0, 0.05) is 43.5 Å². The largest absolute Gasteiger partial charge is 0.490 e. The first-order valence-electron chi connectivity index (χ1n) is 10.7. The van der Waals surface area contributed by atoms with Crippen molar-refractivity contribution in [1.82, 2.24) is 9.80 Å². The lowest BCUT2D eigenvalue weighted by Crippen LogP contribution is -2.41. The number of carbonyl (C=O) groups excluding carboxylic acids is 2. The van der Waals surface area contributed by atoms with E-state index >= 15 is 0 Å². The number of nitrogens with one attached hydrogen (secondary N) is 1. The van der Waals surface area contributed by atoms with E-state index in [1.807, 2.05) is 4.90 Å². The van der Waals surface area contributed by atoms with Crippen LogP contribution in [0.15, 0.2) is 40.8 Å². The molecule has 4 heterocycles. The highest BCUT2D eigenvalue weighted by atomic mass is 19.4. The van der Waals surface area contributed by atoms with Crippen LogP contribution in [0.25, 0.3) is 11.3 Å². The second-order valence-electron chi connectivity index (χ2n) is 8.07. The van der Waals surface area contributed by atoms with Gasteiger partial charge in [0.05, 0.1) is 0 Å². The van der Waals surface area contributed by atoms with Gasteiger partial charge in [0.25, 0.3) is 5.91 Å². The van der Waals surface area contributed by atoms with E-state index in [0.29, 0.717) is 17.9 Å². The van der Waals surface area contributed by atoms with E-state index in [2.05, 4.69) is 4.90 Å². The maximum atomic E-state index is 12.9. The van der Waals surface area contributed by atoms with Gasteiger partial charge in [-0.1, -0.05) is 0 Å². The van der Waals surface area contributed by atoms with Crippen LogP contribution in [-0.2, 0) is 9.59 Å². The van der Waals surface area contributed by atoms with E-state index in [1.165, 1.54) is 24.3 Å². The normalized spacial score (nSPS) is 19.7. The predicted octanol–water partition coefficient (Wildman–Crippen LogP) is 4.00. The van der Waals surface area contributed by atoms with Gasteiger partial charge < -0.3 is 24.6 Å². The van der Waals surface area contributed by atoms with Gasteiger partial charge in [-0.3, -0.25) is 9.59 Å².